The van der Waals surface area contributed by atoms with Gasteiger partial charge in [0, 0.05) is 12.2 Å². The maximum Gasteiger partial charge on any atom is 0.263 e. The second kappa shape index (κ2) is 8.39. The molecule has 31 heavy (non-hydrogen) atoms. The molecule has 0 aliphatic rings. The molecule has 2 heterocycles. The molecule has 0 bridgehead atoms. The first kappa shape index (κ1) is 20.9. The number of amides is 1. The molecule has 0 aliphatic carbocycles. The zero-order chi connectivity index (χ0) is 22.1. The summed E-state index contributed by atoms with van der Waals surface area (Å²) in [6.07, 6.45) is 1.65. The molecule has 158 valence electrons. The number of carbonyl (C=O) groups excluding carboxylic acids is 1. The third-order valence-corrected chi connectivity index (χ3v) is 5.99. The summed E-state index contributed by atoms with van der Waals surface area (Å²) in [5, 5.41) is 12.6. The number of hydrogen-bond acceptors (Lipinski definition) is 5. The highest BCUT2D eigenvalue weighted by atomic mass is 32.2. The van der Waals surface area contributed by atoms with Crippen molar-refractivity contribution in [3.8, 4) is 0 Å². The van der Waals surface area contributed by atoms with Crippen molar-refractivity contribution in [1.29, 1.82) is 0 Å². The molecule has 2 aromatic heterocycles. The van der Waals surface area contributed by atoms with E-state index in [1.165, 1.54) is 16.3 Å². The number of aryl methyl sites for hydroxylation is 3. The number of thioether (sulfide) groups is 1. The molecule has 0 fully saturated rings. The molecule has 0 saturated carbocycles. The molecule has 2 aromatic carbocycles. The molecule has 0 unspecified atom stereocenters. The van der Waals surface area contributed by atoms with Crippen LogP contribution in [-0.4, -0.2) is 30.8 Å². The van der Waals surface area contributed by atoms with E-state index in [2.05, 4.69) is 22.1 Å². The topological polar surface area (TPSA) is 81.3 Å². The van der Waals surface area contributed by atoms with Gasteiger partial charge in [-0.15, -0.1) is 16.8 Å². The fourth-order valence-electron chi connectivity index (χ4n) is 3.80. The van der Waals surface area contributed by atoms with Crippen molar-refractivity contribution in [3.63, 3.8) is 0 Å². The van der Waals surface area contributed by atoms with Gasteiger partial charge in [-0.25, -0.2) is 0 Å². The molecular formula is C23H23N5O2S. The second-order valence-corrected chi connectivity index (χ2v) is 8.39. The number of benzene rings is 2. The Hall–Kier alpha value is -3.39. The second-order valence-electron chi connectivity index (χ2n) is 7.45. The standard InChI is InChI=1S/C23H23N5O2S/c1-5-10-27-21(30)17-8-6-7-9-18(17)28-22(27)25-26-23(28)31-13-19(29)24-20-15(3)11-14(2)12-16(20)4/h5-9,11-12H,1,10,13H2,2-4H3,(H,24,29). The SMILES string of the molecule is C=CCn1c(=O)c2ccccc2n2c(SCC(=O)Nc3c(C)cc(C)cc3C)nnc12. The summed E-state index contributed by atoms with van der Waals surface area (Å²) in [5.74, 6) is 0.472. The van der Waals surface area contributed by atoms with Crippen LogP contribution in [0.1, 0.15) is 16.7 Å². The van der Waals surface area contributed by atoms with Crippen molar-refractivity contribution in [2.24, 2.45) is 0 Å². The van der Waals surface area contributed by atoms with Gasteiger partial charge in [0.25, 0.3) is 5.56 Å². The van der Waals surface area contributed by atoms with Gasteiger partial charge in [0.15, 0.2) is 5.16 Å². The molecule has 0 aliphatic heterocycles. The number of carbonyl (C=O) groups is 1. The van der Waals surface area contributed by atoms with Crippen LogP contribution in [0.2, 0.25) is 0 Å². The summed E-state index contributed by atoms with van der Waals surface area (Å²) in [6.45, 7) is 10.1. The molecule has 0 spiro atoms. The largest absolute Gasteiger partial charge is 0.325 e. The Balaban J connectivity index is 1.66. The number of anilines is 1. The number of rotatable bonds is 6. The Morgan fingerprint density at radius 3 is 2.58 bits per heavy atom. The van der Waals surface area contributed by atoms with Crippen molar-refractivity contribution in [1.82, 2.24) is 19.2 Å². The predicted octanol–water partition coefficient (Wildman–Crippen LogP) is 3.89. The Kier molecular flexibility index (Phi) is 5.65. The molecule has 4 rings (SSSR count). The minimum absolute atomic E-state index is 0.125. The highest BCUT2D eigenvalue weighted by Crippen LogP contribution is 2.24. The van der Waals surface area contributed by atoms with E-state index in [1.54, 1.807) is 12.1 Å². The summed E-state index contributed by atoms with van der Waals surface area (Å²) in [5.41, 5.74) is 4.63. The van der Waals surface area contributed by atoms with E-state index < -0.39 is 0 Å². The van der Waals surface area contributed by atoms with Gasteiger partial charge in [-0.05, 0) is 44.0 Å². The first-order valence-corrected chi connectivity index (χ1v) is 10.9. The van der Waals surface area contributed by atoms with Gasteiger partial charge in [-0.3, -0.25) is 18.6 Å². The average Bonchev–Trinajstić information content (AvgIpc) is 3.16. The molecule has 1 N–H and O–H groups in total. The van der Waals surface area contributed by atoms with Gasteiger partial charge in [0.05, 0.1) is 16.7 Å². The van der Waals surface area contributed by atoms with Crippen molar-refractivity contribution >= 4 is 40.0 Å². The maximum atomic E-state index is 12.9. The van der Waals surface area contributed by atoms with Crippen molar-refractivity contribution in [2.75, 3.05) is 11.1 Å². The van der Waals surface area contributed by atoms with Gasteiger partial charge in [0.2, 0.25) is 11.7 Å². The van der Waals surface area contributed by atoms with E-state index in [1.807, 2.05) is 55.5 Å². The molecule has 8 heteroatoms. The first-order valence-electron chi connectivity index (χ1n) is 9.88. The van der Waals surface area contributed by atoms with Gasteiger partial charge in [-0.1, -0.05) is 47.7 Å². The van der Waals surface area contributed by atoms with Crippen LogP contribution in [0, 0.1) is 20.8 Å². The number of para-hydroxylation sites is 1. The van der Waals surface area contributed by atoms with E-state index in [0.29, 0.717) is 28.4 Å². The number of hydrogen-bond donors (Lipinski definition) is 1. The summed E-state index contributed by atoms with van der Waals surface area (Å²) >= 11 is 1.28. The van der Waals surface area contributed by atoms with Crippen LogP contribution in [0.4, 0.5) is 5.69 Å². The molecule has 0 radical (unpaired) electrons. The van der Waals surface area contributed by atoms with Crippen LogP contribution in [-0.2, 0) is 11.3 Å². The van der Waals surface area contributed by atoms with Crippen LogP contribution in [0.15, 0.2) is 59.0 Å². The van der Waals surface area contributed by atoms with E-state index in [0.717, 1.165) is 22.4 Å². The zero-order valence-corrected chi connectivity index (χ0v) is 18.5. The summed E-state index contributed by atoms with van der Waals surface area (Å²) < 4.78 is 3.35. The van der Waals surface area contributed by atoms with E-state index in [-0.39, 0.29) is 17.2 Å². The van der Waals surface area contributed by atoms with E-state index >= 15 is 0 Å². The van der Waals surface area contributed by atoms with Crippen LogP contribution >= 0.6 is 11.8 Å². The Labute approximate surface area is 183 Å². The third kappa shape index (κ3) is 3.86. The number of allylic oxidation sites excluding steroid dienone is 1. The number of fused-ring (bicyclic) bond motifs is 3. The minimum atomic E-state index is -0.144. The van der Waals surface area contributed by atoms with Crippen molar-refractivity contribution in [3.05, 3.63) is 76.1 Å². The lowest BCUT2D eigenvalue weighted by Gasteiger charge is -2.13. The number of aromatic nitrogens is 4. The molecule has 4 aromatic rings. The first-order chi connectivity index (χ1) is 14.9. The molecule has 1 amide bonds. The fourth-order valence-corrected chi connectivity index (χ4v) is 4.54. The number of nitrogens with one attached hydrogen (secondary N) is 1. The predicted molar refractivity (Wildman–Crippen MR) is 125 cm³/mol. The Morgan fingerprint density at radius 1 is 1.16 bits per heavy atom. The van der Waals surface area contributed by atoms with Gasteiger partial charge >= 0.3 is 0 Å². The average molecular weight is 434 g/mol. The number of nitrogens with zero attached hydrogens (tertiary/aromatic N) is 4. The van der Waals surface area contributed by atoms with E-state index in [4.69, 9.17) is 0 Å². The maximum absolute atomic E-state index is 12.9. The monoisotopic (exact) mass is 433 g/mol. The molecule has 0 atom stereocenters. The minimum Gasteiger partial charge on any atom is -0.325 e. The highest BCUT2D eigenvalue weighted by molar-refractivity contribution is 7.99. The van der Waals surface area contributed by atoms with Gasteiger partial charge in [-0.2, -0.15) is 0 Å². The Morgan fingerprint density at radius 2 is 1.87 bits per heavy atom. The van der Waals surface area contributed by atoms with Crippen molar-refractivity contribution in [2.45, 2.75) is 32.5 Å². The Bertz CT molecular complexity index is 1360. The molecule has 7 nitrogen and oxygen atoms in total. The van der Waals surface area contributed by atoms with Gasteiger partial charge in [0.1, 0.15) is 0 Å². The molecule has 0 saturated heterocycles. The normalized spacial score (nSPS) is 11.2. The summed E-state index contributed by atoms with van der Waals surface area (Å²) in [7, 11) is 0. The van der Waals surface area contributed by atoms with Crippen LogP contribution in [0.25, 0.3) is 16.7 Å². The fraction of sp³-hybridized carbons (Fsp3) is 0.217. The van der Waals surface area contributed by atoms with Gasteiger partial charge < -0.3 is 5.32 Å². The van der Waals surface area contributed by atoms with E-state index in [9.17, 15) is 9.59 Å². The lowest BCUT2D eigenvalue weighted by atomic mass is 10.1. The highest BCUT2D eigenvalue weighted by Gasteiger charge is 2.17. The summed E-state index contributed by atoms with van der Waals surface area (Å²) in [4.78, 5) is 25.5. The quantitative estimate of drug-likeness (QED) is 0.369. The molecular weight excluding hydrogens is 410 g/mol. The van der Waals surface area contributed by atoms with Crippen LogP contribution in [0.3, 0.4) is 0 Å². The lowest BCUT2D eigenvalue weighted by Crippen LogP contribution is -2.22. The summed E-state index contributed by atoms with van der Waals surface area (Å²) in [6, 6.07) is 11.4. The third-order valence-electron chi connectivity index (χ3n) is 5.06. The van der Waals surface area contributed by atoms with Crippen molar-refractivity contribution < 1.29 is 4.79 Å². The lowest BCUT2D eigenvalue weighted by molar-refractivity contribution is -0.113. The smallest absolute Gasteiger partial charge is 0.263 e. The zero-order valence-electron chi connectivity index (χ0n) is 17.7. The van der Waals surface area contributed by atoms with Crippen LogP contribution in [0.5, 0.6) is 0 Å². The van der Waals surface area contributed by atoms with Crippen LogP contribution < -0.4 is 10.9 Å².